The van der Waals surface area contributed by atoms with Gasteiger partial charge in [0.05, 0.1) is 50.2 Å². The molecule has 0 fully saturated rings. The van der Waals surface area contributed by atoms with Gasteiger partial charge >= 0.3 is 12.2 Å². The van der Waals surface area contributed by atoms with Gasteiger partial charge < -0.3 is 24.0 Å². The topological polar surface area (TPSA) is 146 Å². The Hall–Kier alpha value is -5.48. The van der Waals surface area contributed by atoms with Gasteiger partial charge in [0, 0.05) is 54.0 Å². The van der Waals surface area contributed by atoms with Gasteiger partial charge in [0.15, 0.2) is 11.6 Å². The smallest absolute Gasteiger partial charge is 0.410 e. The van der Waals surface area contributed by atoms with Crippen LogP contribution < -0.4 is 0 Å². The van der Waals surface area contributed by atoms with Crippen molar-refractivity contribution in [1.29, 1.82) is 0 Å². The first-order valence-electron chi connectivity index (χ1n) is 17.9. The average Bonchev–Trinajstić information content (AvgIpc) is 3.92. The van der Waals surface area contributed by atoms with Crippen LogP contribution >= 0.6 is 0 Å². The molecule has 4 aromatic rings. The fourth-order valence-corrected chi connectivity index (χ4v) is 6.23. The van der Waals surface area contributed by atoms with E-state index < -0.39 is 8.07 Å². The molecule has 2 aromatic carbocycles. The fraction of sp³-hybridized carbons (Fsp3) is 0.421. The number of fused-ring (bicyclic) bond motifs is 2. The van der Waals surface area contributed by atoms with Gasteiger partial charge in [0.1, 0.15) is 19.9 Å². The van der Waals surface area contributed by atoms with Crippen LogP contribution in [0.3, 0.4) is 0 Å². The Morgan fingerprint density at radius 3 is 1.87 bits per heavy atom. The van der Waals surface area contributed by atoms with Gasteiger partial charge in [-0.15, -0.1) is 0 Å². The molecule has 2 aromatic heterocycles. The van der Waals surface area contributed by atoms with Crippen LogP contribution in [0.5, 0.6) is 0 Å². The number of carbonyl (C=O) groups is 2. The van der Waals surface area contributed by atoms with Crippen LogP contribution in [0.2, 0.25) is 25.7 Å². The number of H-pyrrole nitrogens is 1. The lowest BCUT2D eigenvalue weighted by Crippen LogP contribution is -2.27. The molecule has 54 heavy (non-hydrogen) atoms. The molecule has 2 aliphatic heterocycles. The quantitative estimate of drug-likeness (QED) is 0.0714. The number of hydrogen-bond acceptors (Lipinski definition) is 9. The monoisotopic (exact) mass is 756 g/mol. The number of benzene rings is 2. The summed E-state index contributed by atoms with van der Waals surface area (Å²) in [5.41, 5.74) is 5.69. The van der Waals surface area contributed by atoms with E-state index in [1.807, 2.05) is 103 Å². The normalized spacial score (nSPS) is 13.5. The summed E-state index contributed by atoms with van der Waals surface area (Å²) >= 11 is 0. The van der Waals surface area contributed by atoms with Crippen molar-refractivity contribution in [2.24, 2.45) is 9.98 Å². The molecule has 0 atom stereocenters. The maximum absolute atomic E-state index is 12.6. The SMILES string of the molecule is CN(C)C=Nc1n[nH]c2c1CN(C(=O)OCc1ccccc1)C2.CN(C)C=Nc1nn(COCC[Si](C)(C)C)c2c1CN(C(=O)OCc1ccccc1)C2. The summed E-state index contributed by atoms with van der Waals surface area (Å²) in [6, 6.07) is 20.4. The number of aliphatic imine (C=N–C) groups is 2. The minimum absolute atomic E-state index is 0.254. The Morgan fingerprint density at radius 1 is 0.778 bits per heavy atom. The molecule has 2 aliphatic rings. The molecule has 288 valence electrons. The number of rotatable bonds is 13. The van der Waals surface area contributed by atoms with E-state index in [4.69, 9.17) is 14.2 Å². The average molecular weight is 757 g/mol. The van der Waals surface area contributed by atoms with Crippen LogP contribution in [-0.2, 0) is 60.3 Å². The predicted octanol–water partition coefficient (Wildman–Crippen LogP) is 6.35. The Morgan fingerprint density at radius 2 is 1.31 bits per heavy atom. The molecular formula is C38H52N10O5Si. The van der Waals surface area contributed by atoms with Gasteiger partial charge in [-0.3, -0.25) is 14.9 Å². The number of amides is 2. The number of ether oxygens (including phenoxy) is 3. The first kappa shape index (κ1) is 39.7. The lowest BCUT2D eigenvalue weighted by atomic mass is 10.2. The van der Waals surface area contributed by atoms with E-state index in [1.165, 1.54) is 0 Å². The summed E-state index contributed by atoms with van der Waals surface area (Å²) in [7, 11) is 6.45. The Kier molecular flexibility index (Phi) is 13.6. The van der Waals surface area contributed by atoms with E-state index in [-0.39, 0.29) is 25.4 Å². The summed E-state index contributed by atoms with van der Waals surface area (Å²) in [5.74, 6) is 1.24. The minimum atomic E-state index is -1.15. The van der Waals surface area contributed by atoms with E-state index >= 15 is 0 Å². The van der Waals surface area contributed by atoms with Gasteiger partial charge in [-0.1, -0.05) is 80.3 Å². The van der Waals surface area contributed by atoms with Crippen LogP contribution in [0.15, 0.2) is 70.6 Å². The van der Waals surface area contributed by atoms with Gasteiger partial charge in [0.25, 0.3) is 0 Å². The highest BCUT2D eigenvalue weighted by Crippen LogP contribution is 2.32. The summed E-state index contributed by atoms with van der Waals surface area (Å²) in [6.07, 6.45) is 2.73. The molecular weight excluding hydrogens is 705 g/mol. The van der Waals surface area contributed by atoms with E-state index in [0.29, 0.717) is 51.2 Å². The van der Waals surface area contributed by atoms with Gasteiger partial charge in [-0.25, -0.2) is 24.3 Å². The number of aromatic nitrogens is 4. The highest BCUT2D eigenvalue weighted by Gasteiger charge is 2.32. The van der Waals surface area contributed by atoms with E-state index in [1.54, 1.807) is 22.5 Å². The predicted molar refractivity (Wildman–Crippen MR) is 210 cm³/mol. The molecule has 2 amide bonds. The Balaban J connectivity index is 0.000000217. The number of nitrogens with one attached hydrogen (secondary N) is 1. The maximum atomic E-state index is 12.6. The van der Waals surface area contributed by atoms with Crippen molar-refractivity contribution in [2.45, 2.75) is 71.8 Å². The summed E-state index contributed by atoms with van der Waals surface area (Å²) in [5, 5.41) is 11.7. The van der Waals surface area contributed by atoms with Crippen molar-refractivity contribution in [3.05, 3.63) is 94.3 Å². The second-order valence-corrected chi connectivity index (χ2v) is 20.4. The van der Waals surface area contributed by atoms with Crippen LogP contribution in [0, 0.1) is 0 Å². The standard InChI is InChI=1S/C22H33N5O3Si.C16H19N5O2/c1-25(2)16-23-21-19-13-26(22(28)30-15-18-9-7-6-8-10-18)14-20(19)27(24-21)17-29-11-12-31(3,4)5;1-20(2)11-17-15-13-8-21(9-14(13)18-19-15)16(22)23-10-12-6-4-3-5-7-12/h6-10,16H,11-15,17H2,1-5H3;3-7,11H,8-10H2,1-2H3,(H,18,19). The molecule has 0 saturated heterocycles. The van der Waals surface area contributed by atoms with Gasteiger partial charge in [0.2, 0.25) is 0 Å². The van der Waals surface area contributed by atoms with Gasteiger partial charge in [-0.2, -0.15) is 10.2 Å². The van der Waals surface area contributed by atoms with Crippen molar-refractivity contribution in [3.8, 4) is 0 Å². The zero-order valence-corrected chi connectivity index (χ0v) is 33.4. The van der Waals surface area contributed by atoms with E-state index in [2.05, 4.69) is 44.9 Å². The Bertz CT molecular complexity index is 1890. The lowest BCUT2D eigenvalue weighted by molar-refractivity contribution is 0.0729. The zero-order valence-electron chi connectivity index (χ0n) is 32.4. The van der Waals surface area contributed by atoms with Gasteiger partial charge in [-0.05, 0) is 17.2 Å². The number of carbonyl (C=O) groups excluding carboxylic acids is 2. The van der Waals surface area contributed by atoms with E-state index in [0.717, 1.165) is 39.7 Å². The number of aromatic amines is 1. The van der Waals surface area contributed by atoms with Crippen LogP contribution in [0.25, 0.3) is 0 Å². The third kappa shape index (κ3) is 11.5. The molecule has 0 bridgehead atoms. The molecule has 0 spiro atoms. The molecule has 0 saturated carbocycles. The summed E-state index contributed by atoms with van der Waals surface area (Å²) in [4.78, 5) is 40.6. The van der Waals surface area contributed by atoms with Crippen LogP contribution in [0.4, 0.5) is 21.2 Å². The highest BCUT2D eigenvalue weighted by atomic mass is 28.3. The van der Waals surface area contributed by atoms with Crippen molar-refractivity contribution in [2.75, 3.05) is 34.8 Å². The van der Waals surface area contributed by atoms with Crippen LogP contribution in [0.1, 0.15) is 33.6 Å². The lowest BCUT2D eigenvalue weighted by Gasteiger charge is -2.17. The molecule has 15 nitrogen and oxygen atoms in total. The molecule has 1 N–H and O–H groups in total. The zero-order chi connectivity index (χ0) is 38.7. The second kappa shape index (κ2) is 18.5. The fourth-order valence-electron chi connectivity index (χ4n) is 5.48. The maximum Gasteiger partial charge on any atom is 0.410 e. The molecule has 0 radical (unpaired) electrons. The molecule has 0 unspecified atom stereocenters. The molecule has 0 aliphatic carbocycles. The van der Waals surface area contributed by atoms with Crippen molar-refractivity contribution in [3.63, 3.8) is 0 Å². The van der Waals surface area contributed by atoms with Crippen molar-refractivity contribution >= 4 is 44.6 Å². The highest BCUT2D eigenvalue weighted by molar-refractivity contribution is 6.76. The number of hydrogen-bond donors (Lipinski definition) is 1. The summed E-state index contributed by atoms with van der Waals surface area (Å²) < 4.78 is 18.6. The third-order valence-corrected chi connectivity index (χ3v) is 10.1. The first-order valence-corrected chi connectivity index (χ1v) is 21.6. The first-order chi connectivity index (χ1) is 25.9. The minimum Gasteiger partial charge on any atom is -0.445 e. The summed E-state index contributed by atoms with van der Waals surface area (Å²) in [6.45, 7) is 10.4. The Labute approximate surface area is 318 Å². The van der Waals surface area contributed by atoms with E-state index in [9.17, 15) is 9.59 Å². The number of nitrogens with zero attached hydrogens (tertiary/aromatic N) is 9. The molecule has 6 rings (SSSR count). The van der Waals surface area contributed by atoms with Crippen molar-refractivity contribution in [1.82, 2.24) is 39.6 Å². The molecule has 4 heterocycles. The second-order valence-electron chi connectivity index (χ2n) is 14.8. The third-order valence-electron chi connectivity index (χ3n) is 8.42. The van der Waals surface area contributed by atoms with Crippen LogP contribution in [-0.4, -0.2) is 107 Å². The molecule has 16 heteroatoms. The van der Waals surface area contributed by atoms with Crippen molar-refractivity contribution < 1.29 is 23.8 Å². The largest absolute Gasteiger partial charge is 0.445 e.